The molecular formula is C22H24N4OS. The zero-order valence-electron chi connectivity index (χ0n) is 16.0. The van der Waals surface area contributed by atoms with Crippen molar-refractivity contribution < 1.29 is 4.74 Å². The Morgan fingerprint density at radius 3 is 2.64 bits per heavy atom. The van der Waals surface area contributed by atoms with E-state index in [1.54, 1.807) is 31.3 Å². The minimum atomic E-state index is 0.614. The lowest BCUT2D eigenvalue weighted by molar-refractivity contribution is 0.329. The van der Waals surface area contributed by atoms with E-state index in [1.807, 2.05) is 18.2 Å². The highest BCUT2D eigenvalue weighted by atomic mass is 32.2. The molecule has 0 unspecified atom stereocenters. The van der Waals surface area contributed by atoms with Crippen LogP contribution in [0, 0.1) is 0 Å². The van der Waals surface area contributed by atoms with Gasteiger partial charge in [0.15, 0.2) is 0 Å². The van der Waals surface area contributed by atoms with Gasteiger partial charge in [-0.3, -0.25) is 4.90 Å². The van der Waals surface area contributed by atoms with E-state index in [2.05, 4.69) is 50.5 Å². The van der Waals surface area contributed by atoms with Crippen LogP contribution >= 0.6 is 11.8 Å². The molecule has 6 heteroatoms. The second-order valence-corrected chi connectivity index (χ2v) is 7.90. The number of nitrogens with zero attached hydrogens (tertiary/aromatic N) is 3. The second kappa shape index (κ2) is 9.08. The summed E-state index contributed by atoms with van der Waals surface area (Å²) in [6.45, 7) is 3.29. The van der Waals surface area contributed by atoms with Crippen molar-refractivity contribution in [2.75, 3.05) is 25.5 Å². The van der Waals surface area contributed by atoms with Gasteiger partial charge in [0.2, 0.25) is 5.95 Å². The summed E-state index contributed by atoms with van der Waals surface area (Å²) in [4.78, 5) is 13.5. The van der Waals surface area contributed by atoms with Gasteiger partial charge in [0.05, 0.1) is 7.11 Å². The highest BCUT2D eigenvalue weighted by Gasteiger charge is 2.15. The third-order valence-corrected chi connectivity index (χ3v) is 5.85. The number of benzene rings is 2. The zero-order chi connectivity index (χ0) is 19.2. The summed E-state index contributed by atoms with van der Waals surface area (Å²) in [7, 11) is 1.70. The molecule has 2 heterocycles. The largest absolute Gasteiger partial charge is 0.497 e. The van der Waals surface area contributed by atoms with Crippen molar-refractivity contribution >= 4 is 23.4 Å². The predicted octanol–water partition coefficient (Wildman–Crippen LogP) is 4.98. The fourth-order valence-electron chi connectivity index (χ4n) is 3.35. The number of rotatable bonds is 7. The molecule has 1 aliphatic heterocycles. The van der Waals surface area contributed by atoms with Gasteiger partial charge < -0.3 is 10.1 Å². The predicted molar refractivity (Wildman–Crippen MR) is 113 cm³/mol. The van der Waals surface area contributed by atoms with Crippen molar-refractivity contribution in [1.29, 1.82) is 0 Å². The molecule has 1 N–H and O–H groups in total. The Morgan fingerprint density at radius 2 is 1.86 bits per heavy atom. The molecule has 0 radical (unpaired) electrons. The van der Waals surface area contributed by atoms with Gasteiger partial charge in [-0.2, -0.15) is 0 Å². The minimum absolute atomic E-state index is 0.614. The smallest absolute Gasteiger partial charge is 0.227 e. The van der Waals surface area contributed by atoms with Crippen molar-refractivity contribution in [3.63, 3.8) is 0 Å². The van der Waals surface area contributed by atoms with Crippen LogP contribution in [-0.2, 0) is 6.54 Å². The van der Waals surface area contributed by atoms with Crippen LogP contribution in [0.1, 0.15) is 18.4 Å². The van der Waals surface area contributed by atoms with Crippen molar-refractivity contribution in [3.05, 3.63) is 66.5 Å². The average molecular weight is 393 g/mol. The molecule has 144 valence electrons. The van der Waals surface area contributed by atoms with Crippen LogP contribution in [0.25, 0.3) is 0 Å². The van der Waals surface area contributed by atoms with Crippen molar-refractivity contribution in [2.45, 2.75) is 29.2 Å². The number of ether oxygens (including phenoxy) is 1. The molecule has 0 spiro atoms. The normalized spacial score (nSPS) is 14.2. The van der Waals surface area contributed by atoms with Crippen molar-refractivity contribution in [3.8, 4) is 5.75 Å². The standard InChI is InChI=1S/C22H24N4OS/c1-27-19-6-4-7-20(15-19)28-21-9-8-18(25-22-23-10-5-11-24-22)14-17(21)16-26-12-2-3-13-26/h4-11,14-15H,2-3,12-13,16H2,1H3,(H,23,24,25). The number of hydrogen-bond donors (Lipinski definition) is 1. The maximum atomic E-state index is 5.37. The van der Waals surface area contributed by atoms with Gasteiger partial charge in [-0.25, -0.2) is 9.97 Å². The van der Waals surface area contributed by atoms with E-state index >= 15 is 0 Å². The Labute approximate surface area is 170 Å². The summed E-state index contributed by atoms with van der Waals surface area (Å²) in [5, 5.41) is 3.31. The van der Waals surface area contributed by atoms with E-state index in [0.717, 1.165) is 18.0 Å². The van der Waals surface area contributed by atoms with Crippen molar-refractivity contribution in [1.82, 2.24) is 14.9 Å². The second-order valence-electron chi connectivity index (χ2n) is 6.78. The maximum Gasteiger partial charge on any atom is 0.227 e. The SMILES string of the molecule is COc1cccc(Sc2ccc(Nc3ncccn3)cc2CN2CCCC2)c1. The summed E-state index contributed by atoms with van der Waals surface area (Å²) in [6, 6.07) is 16.5. The fraction of sp³-hybridized carbons (Fsp3) is 0.273. The molecule has 0 bridgehead atoms. The number of nitrogens with one attached hydrogen (secondary N) is 1. The van der Waals surface area contributed by atoms with E-state index in [4.69, 9.17) is 4.74 Å². The molecule has 1 aromatic heterocycles. The lowest BCUT2D eigenvalue weighted by Gasteiger charge is -2.18. The van der Waals surface area contributed by atoms with E-state index in [9.17, 15) is 0 Å². The third-order valence-electron chi connectivity index (χ3n) is 4.74. The summed E-state index contributed by atoms with van der Waals surface area (Å²) in [5.41, 5.74) is 2.33. The molecule has 28 heavy (non-hydrogen) atoms. The van der Waals surface area contributed by atoms with E-state index in [0.29, 0.717) is 5.95 Å². The van der Waals surface area contributed by atoms with Crippen LogP contribution in [0.4, 0.5) is 11.6 Å². The number of hydrogen-bond acceptors (Lipinski definition) is 6. The Morgan fingerprint density at radius 1 is 1.04 bits per heavy atom. The molecule has 2 aromatic carbocycles. The first-order valence-corrected chi connectivity index (χ1v) is 10.3. The fourth-order valence-corrected chi connectivity index (χ4v) is 4.31. The molecule has 0 amide bonds. The molecule has 4 rings (SSSR count). The summed E-state index contributed by atoms with van der Waals surface area (Å²) < 4.78 is 5.37. The van der Waals surface area contributed by atoms with Crippen LogP contribution in [0.2, 0.25) is 0 Å². The summed E-state index contributed by atoms with van der Waals surface area (Å²) in [5.74, 6) is 1.49. The number of likely N-dealkylation sites (tertiary alicyclic amines) is 1. The highest BCUT2D eigenvalue weighted by Crippen LogP contribution is 2.35. The Balaban J connectivity index is 1.59. The number of anilines is 2. The zero-order valence-corrected chi connectivity index (χ0v) is 16.8. The summed E-state index contributed by atoms with van der Waals surface area (Å²) in [6.07, 6.45) is 6.06. The lowest BCUT2D eigenvalue weighted by Crippen LogP contribution is -2.18. The van der Waals surface area contributed by atoms with Gasteiger partial charge in [0, 0.05) is 34.4 Å². The Hall–Kier alpha value is -2.57. The molecule has 1 fully saturated rings. The molecule has 1 aliphatic rings. The molecule has 0 atom stereocenters. The van der Waals surface area contributed by atoms with Crippen LogP contribution in [0.3, 0.4) is 0 Å². The Bertz CT molecular complexity index is 913. The first-order valence-electron chi connectivity index (χ1n) is 9.51. The molecule has 0 aliphatic carbocycles. The highest BCUT2D eigenvalue weighted by molar-refractivity contribution is 7.99. The molecule has 1 saturated heterocycles. The van der Waals surface area contributed by atoms with Gasteiger partial charge >= 0.3 is 0 Å². The van der Waals surface area contributed by atoms with Gasteiger partial charge in [-0.15, -0.1) is 0 Å². The Kier molecular flexibility index (Phi) is 6.09. The molecule has 5 nitrogen and oxygen atoms in total. The first-order chi connectivity index (χ1) is 13.8. The first kappa shape index (κ1) is 18.8. The van der Waals surface area contributed by atoms with Crippen LogP contribution in [0.5, 0.6) is 5.75 Å². The van der Waals surface area contributed by atoms with E-state index in [1.165, 1.54) is 41.3 Å². The molecule has 3 aromatic rings. The monoisotopic (exact) mass is 392 g/mol. The van der Waals surface area contributed by atoms with Gasteiger partial charge in [-0.05, 0) is 74.0 Å². The van der Waals surface area contributed by atoms with E-state index in [-0.39, 0.29) is 0 Å². The van der Waals surface area contributed by atoms with Gasteiger partial charge in [-0.1, -0.05) is 17.8 Å². The number of aromatic nitrogens is 2. The molecular weight excluding hydrogens is 368 g/mol. The minimum Gasteiger partial charge on any atom is -0.497 e. The molecule has 0 saturated carbocycles. The quantitative estimate of drug-likeness (QED) is 0.612. The summed E-state index contributed by atoms with van der Waals surface area (Å²) >= 11 is 1.78. The lowest BCUT2D eigenvalue weighted by atomic mass is 10.2. The van der Waals surface area contributed by atoms with Gasteiger partial charge in [0.25, 0.3) is 0 Å². The third kappa shape index (κ3) is 4.82. The number of methoxy groups -OCH3 is 1. The van der Waals surface area contributed by atoms with E-state index < -0.39 is 0 Å². The van der Waals surface area contributed by atoms with Crippen LogP contribution < -0.4 is 10.1 Å². The maximum absolute atomic E-state index is 5.37. The average Bonchev–Trinajstić information content (AvgIpc) is 3.24. The topological polar surface area (TPSA) is 50.3 Å². The van der Waals surface area contributed by atoms with Crippen LogP contribution in [-0.4, -0.2) is 35.1 Å². The van der Waals surface area contributed by atoms with Crippen molar-refractivity contribution in [2.24, 2.45) is 0 Å². The van der Waals surface area contributed by atoms with Gasteiger partial charge in [0.1, 0.15) is 5.75 Å². The van der Waals surface area contributed by atoms with Crippen LogP contribution in [0.15, 0.2) is 70.7 Å².